The molecule has 0 saturated heterocycles. The van der Waals surface area contributed by atoms with Crippen molar-refractivity contribution in [2.24, 2.45) is 0 Å². The first-order chi connectivity index (χ1) is 10.0. The summed E-state index contributed by atoms with van der Waals surface area (Å²) in [7, 11) is 0. The van der Waals surface area contributed by atoms with Crippen LogP contribution in [-0.2, 0) is 13.2 Å². The van der Waals surface area contributed by atoms with Gasteiger partial charge in [-0.15, -0.1) is 0 Å². The fourth-order valence-electron chi connectivity index (χ4n) is 1.82. The fourth-order valence-corrected chi connectivity index (χ4v) is 2.26. The molecule has 112 valence electrons. The Morgan fingerprint density at radius 1 is 1.33 bits per heavy atom. The second kappa shape index (κ2) is 7.52. The monoisotopic (exact) mass is 352 g/mol. The quantitative estimate of drug-likeness (QED) is 0.851. The number of pyridine rings is 1. The Hall–Kier alpha value is -1.46. The van der Waals surface area contributed by atoms with E-state index >= 15 is 0 Å². The largest absolute Gasteiger partial charge is 0.473 e. The van der Waals surface area contributed by atoms with Crippen molar-refractivity contribution < 1.29 is 9.13 Å². The van der Waals surface area contributed by atoms with Crippen molar-refractivity contribution in [1.82, 2.24) is 10.3 Å². The lowest BCUT2D eigenvalue weighted by molar-refractivity contribution is 0.288. The van der Waals surface area contributed by atoms with Crippen molar-refractivity contribution >= 4 is 15.9 Å². The van der Waals surface area contributed by atoms with E-state index in [9.17, 15) is 4.39 Å². The summed E-state index contributed by atoms with van der Waals surface area (Å²) < 4.78 is 20.1. The van der Waals surface area contributed by atoms with Gasteiger partial charge in [0.2, 0.25) is 5.88 Å². The number of ether oxygens (including phenoxy) is 1. The highest BCUT2D eigenvalue weighted by Crippen LogP contribution is 2.19. The Bertz CT molecular complexity index is 605. The predicted octanol–water partition coefficient (Wildman–Crippen LogP) is 4.06. The molecule has 21 heavy (non-hydrogen) atoms. The molecule has 3 nitrogen and oxygen atoms in total. The van der Waals surface area contributed by atoms with Crippen molar-refractivity contribution in [1.29, 1.82) is 0 Å². The van der Waals surface area contributed by atoms with Crippen LogP contribution in [0.3, 0.4) is 0 Å². The third-order valence-corrected chi connectivity index (χ3v) is 3.35. The second-order valence-corrected chi connectivity index (χ2v) is 5.99. The number of halogens is 2. The van der Waals surface area contributed by atoms with Gasteiger partial charge in [-0.05, 0) is 23.8 Å². The topological polar surface area (TPSA) is 34.2 Å². The van der Waals surface area contributed by atoms with Crippen molar-refractivity contribution in [3.63, 3.8) is 0 Å². The Morgan fingerprint density at radius 3 is 2.86 bits per heavy atom. The molecule has 1 aromatic carbocycles. The summed E-state index contributed by atoms with van der Waals surface area (Å²) in [4.78, 5) is 4.04. The molecule has 0 spiro atoms. The molecule has 5 heteroatoms. The van der Waals surface area contributed by atoms with Crippen LogP contribution in [0.1, 0.15) is 25.0 Å². The standard InChI is InChI=1S/C16H18BrFN2O/c1-11(2)19-8-13-7-15(18)9-20-16(13)21-10-12-4-3-5-14(17)6-12/h3-7,9,11,19H,8,10H2,1-2H3. The van der Waals surface area contributed by atoms with Crippen LogP contribution in [0.4, 0.5) is 4.39 Å². The molecule has 0 radical (unpaired) electrons. The van der Waals surface area contributed by atoms with Crippen molar-refractivity contribution in [3.8, 4) is 5.88 Å². The number of rotatable bonds is 6. The summed E-state index contributed by atoms with van der Waals surface area (Å²) >= 11 is 3.42. The minimum atomic E-state index is -0.356. The summed E-state index contributed by atoms with van der Waals surface area (Å²) in [6.45, 7) is 4.99. The third kappa shape index (κ3) is 5.10. The summed E-state index contributed by atoms with van der Waals surface area (Å²) in [6.07, 6.45) is 1.18. The molecule has 1 N–H and O–H groups in total. The molecule has 0 aliphatic carbocycles. The molecule has 1 heterocycles. The molecule has 0 bridgehead atoms. The Balaban J connectivity index is 2.08. The molecule has 0 atom stereocenters. The average molecular weight is 353 g/mol. The zero-order valence-electron chi connectivity index (χ0n) is 12.1. The van der Waals surface area contributed by atoms with E-state index in [-0.39, 0.29) is 5.82 Å². The van der Waals surface area contributed by atoms with E-state index in [0.29, 0.717) is 25.1 Å². The van der Waals surface area contributed by atoms with Crippen molar-refractivity contribution in [2.45, 2.75) is 33.0 Å². The highest BCUT2D eigenvalue weighted by atomic mass is 79.9. The summed E-state index contributed by atoms with van der Waals surface area (Å²) in [6, 6.07) is 9.63. The first kappa shape index (κ1) is 15.9. The van der Waals surface area contributed by atoms with Gasteiger partial charge in [-0.1, -0.05) is 41.9 Å². The number of benzene rings is 1. The van der Waals surface area contributed by atoms with Crippen LogP contribution in [0, 0.1) is 5.82 Å². The van der Waals surface area contributed by atoms with Gasteiger partial charge in [0, 0.05) is 22.6 Å². The highest BCUT2D eigenvalue weighted by Gasteiger charge is 2.08. The lowest BCUT2D eigenvalue weighted by atomic mass is 10.2. The molecule has 0 aliphatic rings. The Labute approximate surface area is 132 Å². The van der Waals surface area contributed by atoms with Crippen LogP contribution in [0.15, 0.2) is 41.0 Å². The van der Waals surface area contributed by atoms with Crippen LogP contribution < -0.4 is 10.1 Å². The smallest absolute Gasteiger partial charge is 0.218 e. The molecule has 0 unspecified atom stereocenters. The van der Waals surface area contributed by atoms with Gasteiger partial charge in [0.15, 0.2) is 0 Å². The van der Waals surface area contributed by atoms with Gasteiger partial charge in [-0.25, -0.2) is 9.37 Å². The number of hydrogen-bond acceptors (Lipinski definition) is 3. The molecule has 0 aliphatic heterocycles. The summed E-state index contributed by atoms with van der Waals surface area (Å²) in [5, 5.41) is 3.24. The van der Waals surface area contributed by atoms with Gasteiger partial charge >= 0.3 is 0 Å². The van der Waals surface area contributed by atoms with Gasteiger partial charge in [-0.3, -0.25) is 0 Å². The van der Waals surface area contributed by atoms with E-state index in [1.54, 1.807) is 0 Å². The summed E-state index contributed by atoms with van der Waals surface area (Å²) in [5.41, 5.74) is 1.75. The third-order valence-electron chi connectivity index (χ3n) is 2.86. The zero-order valence-corrected chi connectivity index (χ0v) is 13.7. The predicted molar refractivity (Wildman–Crippen MR) is 84.6 cm³/mol. The number of hydrogen-bond donors (Lipinski definition) is 1. The molecular formula is C16H18BrFN2O. The van der Waals surface area contributed by atoms with Crippen molar-refractivity contribution in [3.05, 3.63) is 57.9 Å². The van der Waals surface area contributed by atoms with E-state index in [4.69, 9.17) is 4.74 Å². The maximum atomic E-state index is 13.3. The van der Waals surface area contributed by atoms with Crippen LogP contribution in [-0.4, -0.2) is 11.0 Å². The van der Waals surface area contributed by atoms with Gasteiger partial charge in [-0.2, -0.15) is 0 Å². The normalized spacial score (nSPS) is 10.9. The van der Waals surface area contributed by atoms with Gasteiger partial charge in [0.1, 0.15) is 12.4 Å². The minimum Gasteiger partial charge on any atom is -0.473 e. The highest BCUT2D eigenvalue weighted by molar-refractivity contribution is 9.10. The maximum absolute atomic E-state index is 13.3. The fraction of sp³-hybridized carbons (Fsp3) is 0.312. The first-order valence-corrected chi connectivity index (χ1v) is 7.59. The zero-order chi connectivity index (χ0) is 15.2. The van der Waals surface area contributed by atoms with E-state index in [1.165, 1.54) is 12.3 Å². The average Bonchev–Trinajstić information content (AvgIpc) is 2.44. The van der Waals surface area contributed by atoms with E-state index in [0.717, 1.165) is 15.6 Å². The van der Waals surface area contributed by atoms with E-state index < -0.39 is 0 Å². The van der Waals surface area contributed by atoms with Gasteiger partial charge in [0.25, 0.3) is 0 Å². The van der Waals surface area contributed by atoms with E-state index in [2.05, 4.69) is 26.2 Å². The molecule has 1 aromatic heterocycles. The molecule has 2 aromatic rings. The van der Waals surface area contributed by atoms with Gasteiger partial charge in [0.05, 0.1) is 6.20 Å². The minimum absolute atomic E-state index is 0.311. The van der Waals surface area contributed by atoms with Gasteiger partial charge < -0.3 is 10.1 Å². The number of aromatic nitrogens is 1. The Kier molecular flexibility index (Phi) is 5.70. The maximum Gasteiger partial charge on any atom is 0.218 e. The number of nitrogens with zero attached hydrogens (tertiary/aromatic N) is 1. The lowest BCUT2D eigenvalue weighted by Gasteiger charge is -2.13. The lowest BCUT2D eigenvalue weighted by Crippen LogP contribution is -2.22. The van der Waals surface area contributed by atoms with Crippen LogP contribution in [0.25, 0.3) is 0 Å². The first-order valence-electron chi connectivity index (χ1n) is 6.79. The van der Waals surface area contributed by atoms with Crippen molar-refractivity contribution in [2.75, 3.05) is 0 Å². The molecule has 0 fully saturated rings. The van der Waals surface area contributed by atoms with Crippen LogP contribution in [0.5, 0.6) is 5.88 Å². The SMILES string of the molecule is CC(C)NCc1cc(F)cnc1OCc1cccc(Br)c1. The molecule has 0 saturated carbocycles. The van der Waals surface area contributed by atoms with Crippen LogP contribution >= 0.6 is 15.9 Å². The molecule has 2 rings (SSSR count). The molecule has 0 amide bonds. The molecular weight excluding hydrogens is 335 g/mol. The van der Waals surface area contributed by atoms with E-state index in [1.807, 2.05) is 38.1 Å². The Morgan fingerprint density at radius 2 is 2.14 bits per heavy atom. The summed E-state index contributed by atoms with van der Waals surface area (Å²) in [5.74, 6) is 0.106. The second-order valence-electron chi connectivity index (χ2n) is 5.07. The van der Waals surface area contributed by atoms with Crippen LogP contribution in [0.2, 0.25) is 0 Å². The number of nitrogens with one attached hydrogen (secondary N) is 1.